The SMILES string of the molecule is CO[Si](OC)(OC)c1ccc(C=Cc2ccc([Si](OC)(OC)OC)cc2)cc1. The van der Waals surface area contributed by atoms with Crippen molar-refractivity contribution < 1.29 is 26.6 Å². The van der Waals surface area contributed by atoms with Crippen molar-refractivity contribution in [1.82, 2.24) is 0 Å². The smallest absolute Gasteiger partial charge is 0.373 e. The van der Waals surface area contributed by atoms with E-state index in [0.29, 0.717) is 0 Å². The van der Waals surface area contributed by atoms with E-state index in [0.717, 1.165) is 21.5 Å². The van der Waals surface area contributed by atoms with Gasteiger partial charge in [0.15, 0.2) is 0 Å². The zero-order chi connectivity index (χ0) is 20.6. The molecule has 8 heteroatoms. The third-order valence-corrected chi connectivity index (χ3v) is 9.91. The highest BCUT2D eigenvalue weighted by Gasteiger charge is 2.41. The summed E-state index contributed by atoms with van der Waals surface area (Å²) in [6.07, 6.45) is 4.09. The molecule has 0 aliphatic rings. The van der Waals surface area contributed by atoms with Crippen molar-refractivity contribution in [2.24, 2.45) is 0 Å². The number of benzene rings is 2. The quantitative estimate of drug-likeness (QED) is 0.433. The van der Waals surface area contributed by atoms with Gasteiger partial charge in [0.25, 0.3) is 0 Å². The van der Waals surface area contributed by atoms with E-state index in [4.69, 9.17) is 26.6 Å². The van der Waals surface area contributed by atoms with E-state index in [-0.39, 0.29) is 0 Å². The van der Waals surface area contributed by atoms with Gasteiger partial charge in [-0.3, -0.25) is 0 Å². The number of hydrogen-bond donors (Lipinski definition) is 0. The summed E-state index contributed by atoms with van der Waals surface area (Å²) >= 11 is 0. The van der Waals surface area contributed by atoms with Crippen LogP contribution in [0.15, 0.2) is 48.5 Å². The normalized spacial score (nSPS) is 12.6. The molecule has 0 aliphatic carbocycles. The molecule has 0 spiro atoms. The van der Waals surface area contributed by atoms with E-state index >= 15 is 0 Å². The van der Waals surface area contributed by atoms with Crippen molar-refractivity contribution in [3.63, 3.8) is 0 Å². The Hall–Kier alpha value is -1.63. The molecular weight excluding hydrogens is 392 g/mol. The van der Waals surface area contributed by atoms with Gasteiger partial charge < -0.3 is 26.6 Å². The molecule has 0 aromatic heterocycles. The van der Waals surface area contributed by atoms with Crippen LogP contribution in [-0.2, 0) is 26.6 Å². The van der Waals surface area contributed by atoms with Gasteiger partial charge >= 0.3 is 17.6 Å². The van der Waals surface area contributed by atoms with Crippen molar-refractivity contribution in [2.75, 3.05) is 42.7 Å². The Bertz CT molecular complexity index is 671. The summed E-state index contributed by atoms with van der Waals surface area (Å²) in [7, 11) is 4.02. The van der Waals surface area contributed by atoms with Crippen LogP contribution in [0.3, 0.4) is 0 Å². The molecule has 0 amide bonds. The Balaban J connectivity index is 2.16. The number of hydrogen-bond acceptors (Lipinski definition) is 6. The van der Waals surface area contributed by atoms with Gasteiger partial charge in [-0.05, 0) is 11.1 Å². The van der Waals surface area contributed by atoms with Crippen LogP contribution < -0.4 is 10.4 Å². The second-order valence-corrected chi connectivity index (χ2v) is 11.7. The minimum atomic E-state index is -2.79. The second-order valence-electron chi connectivity index (χ2n) is 5.91. The van der Waals surface area contributed by atoms with Crippen molar-refractivity contribution in [3.05, 3.63) is 59.7 Å². The Morgan fingerprint density at radius 3 is 0.929 bits per heavy atom. The van der Waals surface area contributed by atoms with Crippen molar-refractivity contribution in [1.29, 1.82) is 0 Å². The molecule has 6 nitrogen and oxygen atoms in total. The van der Waals surface area contributed by atoms with Crippen molar-refractivity contribution in [3.8, 4) is 0 Å². The Morgan fingerprint density at radius 2 is 0.714 bits per heavy atom. The van der Waals surface area contributed by atoms with Gasteiger partial charge in [0, 0.05) is 53.0 Å². The molecule has 0 unspecified atom stereocenters. The lowest BCUT2D eigenvalue weighted by Crippen LogP contribution is -2.54. The van der Waals surface area contributed by atoms with Crippen molar-refractivity contribution in [2.45, 2.75) is 0 Å². The molecule has 0 saturated heterocycles. The van der Waals surface area contributed by atoms with Gasteiger partial charge in [-0.25, -0.2) is 0 Å². The summed E-state index contributed by atoms with van der Waals surface area (Å²) in [5, 5.41) is 1.84. The lowest BCUT2D eigenvalue weighted by Gasteiger charge is -2.24. The average molecular weight is 421 g/mol. The zero-order valence-corrected chi connectivity index (χ0v) is 19.2. The maximum absolute atomic E-state index is 5.51. The highest BCUT2D eigenvalue weighted by molar-refractivity contribution is 6.75. The monoisotopic (exact) mass is 420 g/mol. The molecule has 152 valence electrons. The van der Waals surface area contributed by atoms with Crippen LogP contribution in [0.5, 0.6) is 0 Å². The molecule has 0 aliphatic heterocycles. The lowest BCUT2D eigenvalue weighted by atomic mass is 10.1. The van der Waals surface area contributed by atoms with Crippen LogP contribution in [0.1, 0.15) is 11.1 Å². The maximum atomic E-state index is 5.51. The predicted octanol–water partition coefficient (Wildman–Crippen LogP) is 2.03. The first-order valence-electron chi connectivity index (χ1n) is 8.73. The Kier molecular flexibility index (Phi) is 8.28. The van der Waals surface area contributed by atoms with E-state index in [1.165, 1.54) is 0 Å². The van der Waals surface area contributed by atoms with E-state index in [9.17, 15) is 0 Å². The first kappa shape index (κ1) is 22.7. The Morgan fingerprint density at radius 1 is 0.464 bits per heavy atom. The van der Waals surface area contributed by atoms with E-state index in [1.54, 1.807) is 42.7 Å². The highest BCUT2D eigenvalue weighted by atomic mass is 28.4. The van der Waals surface area contributed by atoms with Gasteiger partial charge in [-0.2, -0.15) is 0 Å². The molecule has 28 heavy (non-hydrogen) atoms. The minimum absolute atomic E-state index is 0.918. The van der Waals surface area contributed by atoms with E-state index in [1.807, 2.05) is 60.7 Å². The molecular formula is C20H28O6Si2. The Labute approximate surface area is 169 Å². The summed E-state index contributed by atoms with van der Waals surface area (Å²) in [5.41, 5.74) is 2.13. The van der Waals surface area contributed by atoms with Gasteiger partial charge in [-0.15, -0.1) is 0 Å². The second kappa shape index (κ2) is 10.2. The fourth-order valence-corrected chi connectivity index (χ4v) is 6.56. The summed E-state index contributed by atoms with van der Waals surface area (Å²) in [5.74, 6) is 0. The van der Waals surface area contributed by atoms with Crippen LogP contribution in [0.2, 0.25) is 0 Å². The van der Waals surface area contributed by atoms with Crippen LogP contribution in [0, 0.1) is 0 Å². The molecule has 2 aromatic carbocycles. The predicted molar refractivity (Wildman–Crippen MR) is 115 cm³/mol. The third kappa shape index (κ3) is 4.67. The largest absolute Gasteiger partial charge is 0.536 e. The van der Waals surface area contributed by atoms with Gasteiger partial charge in [-0.1, -0.05) is 60.7 Å². The first-order valence-corrected chi connectivity index (χ1v) is 12.2. The van der Waals surface area contributed by atoms with E-state index < -0.39 is 17.6 Å². The fraction of sp³-hybridized carbons (Fsp3) is 0.300. The zero-order valence-electron chi connectivity index (χ0n) is 17.2. The lowest BCUT2D eigenvalue weighted by molar-refractivity contribution is 0.140. The van der Waals surface area contributed by atoms with Crippen molar-refractivity contribution >= 4 is 40.1 Å². The minimum Gasteiger partial charge on any atom is -0.373 e. The van der Waals surface area contributed by atoms with E-state index in [2.05, 4.69) is 0 Å². The maximum Gasteiger partial charge on any atom is 0.536 e. The molecule has 0 fully saturated rings. The van der Waals surface area contributed by atoms with Crippen LogP contribution in [-0.4, -0.2) is 60.3 Å². The fourth-order valence-electron chi connectivity index (χ4n) is 3.00. The average Bonchev–Trinajstić information content (AvgIpc) is 2.77. The molecule has 0 bridgehead atoms. The van der Waals surface area contributed by atoms with Gasteiger partial charge in [0.2, 0.25) is 0 Å². The molecule has 0 atom stereocenters. The van der Waals surface area contributed by atoms with Crippen LogP contribution >= 0.6 is 0 Å². The van der Waals surface area contributed by atoms with Crippen LogP contribution in [0.25, 0.3) is 12.2 Å². The summed E-state index contributed by atoms with van der Waals surface area (Å²) in [6, 6.07) is 15.9. The molecule has 0 saturated carbocycles. The third-order valence-electron chi connectivity index (χ3n) is 4.61. The molecule has 0 heterocycles. The van der Waals surface area contributed by atoms with Gasteiger partial charge in [0.05, 0.1) is 0 Å². The summed E-state index contributed by atoms with van der Waals surface area (Å²) in [6.45, 7) is 0. The standard InChI is InChI=1S/C20H28O6Si2/c1-21-27(22-2,23-3)19-13-9-17(10-14-19)7-8-18-11-15-20(16-12-18)28(24-4,25-5)26-6/h7-16H,1-6H3. The molecule has 0 radical (unpaired) electrons. The topological polar surface area (TPSA) is 55.4 Å². The molecule has 2 aromatic rings. The summed E-state index contributed by atoms with van der Waals surface area (Å²) in [4.78, 5) is 0. The number of rotatable bonds is 10. The highest BCUT2D eigenvalue weighted by Crippen LogP contribution is 2.12. The molecule has 0 N–H and O–H groups in total. The van der Waals surface area contributed by atoms with Gasteiger partial charge in [0.1, 0.15) is 0 Å². The van der Waals surface area contributed by atoms with Crippen LogP contribution in [0.4, 0.5) is 0 Å². The molecule has 2 rings (SSSR count). The summed E-state index contributed by atoms with van der Waals surface area (Å²) < 4.78 is 33.0. The first-order chi connectivity index (χ1) is 13.5.